The van der Waals surface area contributed by atoms with Crippen LogP contribution in [0.1, 0.15) is 45.1 Å². The van der Waals surface area contributed by atoms with E-state index >= 15 is 0 Å². The highest BCUT2D eigenvalue weighted by molar-refractivity contribution is 7.90. The van der Waals surface area contributed by atoms with Gasteiger partial charge >= 0.3 is 0 Å². The molecule has 0 spiro atoms. The number of carbonyl (C=O) groups is 1. The van der Waals surface area contributed by atoms with Crippen LogP contribution >= 0.6 is 0 Å². The summed E-state index contributed by atoms with van der Waals surface area (Å²) in [6.45, 7) is 4.28. The number of aliphatic imine (C=N–C) groups is 1. The predicted molar refractivity (Wildman–Crippen MR) is 97.9 cm³/mol. The Kier molecular flexibility index (Phi) is 6.55. The third-order valence-electron chi connectivity index (χ3n) is 4.05. The second-order valence-corrected chi connectivity index (χ2v) is 7.93. The summed E-state index contributed by atoms with van der Waals surface area (Å²) in [5.41, 5.74) is 6.23. The quantitative estimate of drug-likeness (QED) is 0.640. The molecule has 138 valence electrons. The number of benzene rings is 1. The third-order valence-corrected chi connectivity index (χ3v) is 5.45. The molecule has 7 nitrogen and oxygen atoms in total. The van der Waals surface area contributed by atoms with Crippen molar-refractivity contribution in [3.8, 4) is 0 Å². The average molecular weight is 366 g/mol. The monoisotopic (exact) mass is 366 g/mol. The minimum atomic E-state index is -3.56. The van der Waals surface area contributed by atoms with Gasteiger partial charge in [-0.25, -0.2) is 8.42 Å². The first-order valence-electron chi connectivity index (χ1n) is 8.56. The molecular formula is C17H26N4O3S. The second kappa shape index (κ2) is 8.44. The van der Waals surface area contributed by atoms with Crippen molar-refractivity contribution in [2.24, 2.45) is 10.7 Å². The van der Waals surface area contributed by atoms with Crippen molar-refractivity contribution in [1.82, 2.24) is 10.0 Å². The number of amidine groups is 1. The van der Waals surface area contributed by atoms with Crippen LogP contribution in [-0.2, 0) is 14.8 Å². The lowest BCUT2D eigenvalue weighted by Gasteiger charge is -2.17. The molecule has 1 amide bonds. The summed E-state index contributed by atoms with van der Waals surface area (Å²) in [6, 6.07) is 6.28. The largest absolute Gasteiger partial charge is 0.352 e. The number of carbonyl (C=O) groups excluding carboxylic acids is 1. The lowest BCUT2D eigenvalue weighted by atomic mass is 10.1. The van der Waals surface area contributed by atoms with Gasteiger partial charge in [0.05, 0.1) is 10.9 Å². The van der Waals surface area contributed by atoms with Gasteiger partial charge in [-0.15, -0.1) is 0 Å². The van der Waals surface area contributed by atoms with Crippen molar-refractivity contribution in [2.45, 2.75) is 56.5 Å². The van der Waals surface area contributed by atoms with Crippen LogP contribution in [0.4, 0.5) is 0 Å². The Morgan fingerprint density at radius 2 is 2.08 bits per heavy atom. The molecule has 1 aliphatic rings. The van der Waals surface area contributed by atoms with Crippen LogP contribution in [0.5, 0.6) is 0 Å². The van der Waals surface area contributed by atoms with Gasteiger partial charge in [-0.2, -0.15) is 0 Å². The minimum Gasteiger partial charge on any atom is -0.352 e. The molecule has 1 aliphatic heterocycles. The maximum absolute atomic E-state index is 12.2. The summed E-state index contributed by atoms with van der Waals surface area (Å²) >= 11 is 0. The first-order chi connectivity index (χ1) is 11.9. The Hall–Kier alpha value is -1.93. The number of sulfonamides is 1. The van der Waals surface area contributed by atoms with Crippen LogP contribution in [0.25, 0.3) is 0 Å². The number of nitrogens with one attached hydrogen (secondary N) is 2. The molecule has 2 rings (SSSR count). The fraction of sp³-hybridized carbons (Fsp3) is 0.529. The van der Waals surface area contributed by atoms with E-state index in [0.717, 1.165) is 19.3 Å². The molecule has 1 aromatic carbocycles. The zero-order chi connectivity index (χ0) is 18.4. The van der Waals surface area contributed by atoms with Gasteiger partial charge in [0.15, 0.2) is 0 Å². The molecule has 0 saturated heterocycles. The van der Waals surface area contributed by atoms with E-state index in [1.165, 1.54) is 6.07 Å². The highest BCUT2D eigenvalue weighted by Crippen LogP contribution is 2.22. The highest BCUT2D eigenvalue weighted by Gasteiger charge is 2.30. The fourth-order valence-corrected chi connectivity index (χ4v) is 3.99. The molecule has 0 aliphatic carbocycles. The Labute approximate surface area is 149 Å². The van der Waals surface area contributed by atoms with E-state index in [2.05, 4.69) is 22.0 Å². The zero-order valence-electron chi connectivity index (χ0n) is 14.7. The molecule has 0 saturated carbocycles. The summed E-state index contributed by atoms with van der Waals surface area (Å²) < 4.78 is 26.6. The van der Waals surface area contributed by atoms with Crippen molar-refractivity contribution in [2.75, 3.05) is 6.54 Å². The van der Waals surface area contributed by atoms with Gasteiger partial charge in [0, 0.05) is 24.6 Å². The molecule has 25 heavy (non-hydrogen) atoms. The maximum Gasteiger partial charge on any atom is 0.263 e. The Bertz CT molecular complexity index is 746. The van der Waals surface area contributed by atoms with Crippen LogP contribution in [0, 0.1) is 0 Å². The van der Waals surface area contributed by atoms with Crippen molar-refractivity contribution in [3.63, 3.8) is 0 Å². The lowest BCUT2D eigenvalue weighted by molar-refractivity contribution is -0.122. The summed E-state index contributed by atoms with van der Waals surface area (Å²) in [4.78, 5) is 16.8. The van der Waals surface area contributed by atoms with E-state index in [9.17, 15) is 13.2 Å². The van der Waals surface area contributed by atoms with Crippen LogP contribution in [0.3, 0.4) is 0 Å². The van der Waals surface area contributed by atoms with Gasteiger partial charge in [-0.3, -0.25) is 14.5 Å². The molecule has 2 atom stereocenters. The maximum atomic E-state index is 12.2. The lowest BCUT2D eigenvalue weighted by Crippen LogP contribution is -2.41. The Morgan fingerprint density at radius 1 is 1.36 bits per heavy atom. The summed E-state index contributed by atoms with van der Waals surface area (Å²) in [6.07, 6.45) is 3.10. The van der Waals surface area contributed by atoms with Gasteiger partial charge in [-0.1, -0.05) is 31.9 Å². The number of hydrogen-bond acceptors (Lipinski definition) is 5. The summed E-state index contributed by atoms with van der Waals surface area (Å²) in [7, 11) is -3.56. The number of rotatable bonds is 8. The van der Waals surface area contributed by atoms with Gasteiger partial charge in [0.25, 0.3) is 10.0 Å². The first-order valence-corrected chi connectivity index (χ1v) is 10.0. The van der Waals surface area contributed by atoms with Gasteiger partial charge in [0.2, 0.25) is 5.91 Å². The number of hydrogen-bond donors (Lipinski definition) is 3. The van der Waals surface area contributed by atoms with Gasteiger partial charge in [-0.05, 0) is 25.5 Å². The van der Waals surface area contributed by atoms with E-state index < -0.39 is 10.0 Å². The van der Waals surface area contributed by atoms with Crippen LogP contribution in [0.2, 0.25) is 0 Å². The molecule has 0 fully saturated rings. The normalized spacial score (nSPS) is 19.1. The zero-order valence-corrected chi connectivity index (χ0v) is 15.5. The van der Waals surface area contributed by atoms with Gasteiger partial charge < -0.3 is 11.1 Å². The van der Waals surface area contributed by atoms with E-state index in [1.807, 2.05) is 0 Å². The van der Waals surface area contributed by atoms with Crippen LogP contribution in [-0.4, -0.2) is 38.8 Å². The van der Waals surface area contributed by atoms with E-state index in [4.69, 9.17) is 5.73 Å². The molecule has 0 bridgehead atoms. The Balaban J connectivity index is 2.01. The van der Waals surface area contributed by atoms with Crippen molar-refractivity contribution in [3.05, 3.63) is 29.8 Å². The second-order valence-electron chi connectivity index (χ2n) is 6.27. The number of nitrogens with two attached hydrogens (primary N) is 1. The van der Waals surface area contributed by atoms with Crippen molar-refractivity contribution >= 4 is 21.8 Å². The smallest absolute Gasteiger partial charge is 0.263 e. The average Bonchev–Trinajstić information content (AvgIpc) is 2.82. The van der Waals surface area contributed by atoms with Crippen molar-refractivity contribution in [1.29, 1.82) is 0 Å². The Morgan fingerprint density at radius 3 is 2.76 bits per heavy atom. The molecule has 8 heteroatoms. The standard InChI is InChI=1S/C17H26N4O3S/c1-3-4-7-13(11-18)20-16(22)10-12(2)19-17-14-8-5-6-9-15(14)25(23,24)21-17/h5-6,8-9,12-13H,3-4,7,10-11,18H2,1-2H3,(H,19,21)(H,20,22). The van der Waals surface area contributed by atoms with Crippen LogP contribution in [0.15, 0.2) is 34.2 Å². The first kappa shape index (κ1) is 19.4. The fourth-order valence-electron chi connectivity index (χ4n) is 2.75. The summed E-state index contributed by atoms with van der Waals surface area (Å²) in [5, 5.41) is 2.92. The van der Waals surface area contributed by atoms with E-state index in [1.54, 1.807) is 25.1 Å². The molecule has 0 radical (unpaired) electrons. The topological polar surface area (TPSA) is 114 Å². The SMILES string of the molecule is CCCCC(CN)NC(=O)CC(C)N=C1NS(=O)(=O)c2ccccc21. The number of unbranched alkanes of at least 4 members (excludes halogenated alkanes) is 1. The minimum absolute atomic E-state index is 0.0296. The third kappa shape index (κ3) is 5.02. The highest BCUT2D eigenvalue weighted by atomic mass is 32.2. The summed E-state index contributed by atoms with van der Waals surface area (Å²) in [5.74, 6) is 0.162. The molecule has 1 heterocycles. The van der Waals surface area contributed by atoms with Gasteiger partial charge in [0.1, 0.15) is 5.84 Å². The molecule has 1 aromatic rings. The van der Waals surface area contributed by atoms with E-state index in [0.29, 0.717) is 12.1 Å². The molecular weight excluding hydrogens is 340 g/mol. The molecule has 0 aromatic heterocycles. The number of amides is 1. The number of fused-ring (bicyclic) bond motifs is 1. The molecule has 4 N–H and O–H groups in total. The van der Waals surface area contributed by atoms with Crippen LogP contribution < -0.4 is 15.8 Å². The molecule has 2 unspecified atom stereocenters. The number of nitrogens with zero attached hydrogens (tertiary/aromatic N) is 1. The predicted octanol–water partition coefficient (Wildman–Crippen LogP) is 1.14. The van der Waals surface area contributed by atoms with E-state index in [-0.39, 0.29) is 35.1 Å². The van der Waals surface area contributed by atoms with Crippen molar-refractivity contribution < 1.29 is 13.2 Å².